The highest BCUT2D eigenvalue weighted by Gasteiger charge is 2.28. The van der Waals surface area contributed by atoms with E-state index in [1.807, 2.05) is 8.97 Å². The summed E-state index contributed by atoms with van der Waals surface area (Å²) in [5, 5.41) is 11.1. The van der Waals surface area contributed by atoms with Crippen molar-refractivity contribution < 1.29 is 4.79 Å². The number of carbonyl (C=O) groups is 1. The Bertz CT molecular complexity index is 1450. The van der Waals surface area contributed by atoms with Crippen molar-refractivity contribution in [1.29, 1.82) is 0 Å². The molecule has 0 bridgehead atoms. The van der Waals surface area contributed by atoms with Crippen LogP contribution in [0.5, 0.6) is 0 Å². The van der Waals surface area contributed by atoms with Crippen LogP contribution >= 0.6 is 34.7 Å². The van der Waals surface area contributed by atoms with Gasteiger partial charge in [-0.1, -0.05) is 42.6 Å². The van der Waals surface area contributed by atoms with Crippen molar-refractivity contribution in [1.82, 2.24) is 19.2 Å². The molecule has 1 aromatic carbocycles. The summed E-state index contributed by atoms with van der Waals surface area (Å²) >= 11 is 9.06. The third-order valence-corrected chi connectivity index (χ3v) is 9.52. The van der Waals surface area contributed by atoms with E-state index in [9.17, 15) is 9.59 Å². The molecule has 0 amide bonds. The number of hydrogen-bond donors (Lipinski definition) is 0. The molecule has 0 spiro atoms. The normalized spacial score (nSPS) is 16.9. The molecule has 3 aromatic heterocycles. The van der Waals surface area contributed by atoms with Gasteiger partial charge in [-0.2, -0.15) is 0 Å². The molecule has 0 N–H and O–H groups in total. The number of aromatic nitrogens is 4. The van der Waals surface area contributed by atoms with E-state index in [0.29, 0.717) is 21.5 Å². The topological polar surface area (TPSA) is 69.3 Å². The number of thiophene rings is 1. The molecule has 1 saturated carbocycles. The van der Waals surface area contributed by atoms with Gasteiger partial charge >= 0.3 is 0 Å². The maximum atomic E-state index is 13.9. The Balaban J connectivity index is 1.47. The minimum absolute atomic E-state index is 0.0146. The van der Waals surface area contributed by atoms with Crippen LogP contribution in [-0.2, 0) is 12.8 Å². The zero-order valence-corrected chi connectivity index (χ0v) is 21.1. The predicted octanol–water partition coefficient (Wildman–Crippen LogP) is 6.12. The van der Waals surface area contributed by atoms with Gasteiger partial charge in [-0.05, 0) is 68.4 Å². The first-order valence-electron chi connectivity index (χ1n) is 12.0. The third-order valence-electron chi connectivity index (χ3n) is 7.06. The first-order valence-corrected chi connectivity index (χ1v) is 14.2. The van der Waals surface area contributed by atoms with E-state index >= 15 is 0 Å². The number of carbonyl (C=O) groups excluding carboxylic acids is 1. The SMILES string of the molecule is O=C(CSc1nnc2n(C3CCCCC3)c(=O)c3c4c(sc3n12)CCCC4)c1ccc(Cl)cc1. The molecule has 2 aliphatic rings. The molecule has 176 valence electrons. The lowest BCUT2D eigenvalue weighted by Gasteiger charge is -2.24. The quantitative estimate of drug-likeness (QED) is 0.238. The van der Waals surface area contributed by atoms with Crippen LogP contribution in [0.2, 0.25) is 5.02 Å². The van der Waals surface area contributed by atoms with Crippen molar-refractivity contribution in [3.63, 3.8) is 0 Å². The van der Waals surface area contributed by atoms with Crippen molar-refractivity contribution in [2.45, 2.75) is 69.0 Å². The molecule has 1 fully saturated rings. The number of thioether (sulfide) groups is 1. The van der Waals surface area contributed by atoms with Crippen LogP contribution < -0.4 is 5.56 Å². The fourth-order valence-corrected chi connectivity index (χ4v) is 7.74. The summed E-state index contributed by atoms with van der Waals surface area (Å²) in [5.74, 6) is 0.877. The van der Waals surface area contributed by atoms with Gasteiger partial charge in [-0.25, -0.2) is 4.40 Å². The second kappa shape index (κ2) is 9.13. The van der Waals surface area contributed by atoms with Crippen LogP contribution in [0.25, 0.3) is 16.0 Å². The minimum Gasteiger partial charge on any atom is -0.293 e. The van der Waals surface area contributed by atoms with Crippen LogP contribution in [0.3, 0.4) is 0 Å². The fraction of sp³-hybridized carbons (Fsp3) is 0.440. The van der Waals surface area contributed by atoms with E-state index in [2.05, 4.69) is 10.2 Å². The van der Waals surface area contributed by atoms with Crippen LogP contribution in [0.4, 0.5) is 0 Å². The molecular formula is C25H25ClN4O2S2. The van der Waals surface area contributed by atoms with E-state index in [1.165, 1.54) is 35.0 Å². The summed E-state index contributed by atoms with van der Waals surface area (Å²) in [4.78, 5) is 28.9. The Morgan fingerprint density at radius 1 is 1.06 bits per heavy atom. The molecule has 34 heavy (non-hydrogen) atoms. The first kappa shape index (κ1) is 22.3. The van der Waals surface area contributed by atoms with Crippen LogP contribution in [0.1, 0.15) is 71.8 Å². The third kappa shape index (κ3) is 3.80. The second-order valence-electron chi connectivity index (χ2n) is 9.19. The van der Waals surface area contributed by atoms with Gasteiger partial charge in [-0.3, -0.25) is 14.2 Å². The standard InChI is InChI=1S/C25H25ClN4O2S2/c26-16-12-10-15(11-13-16)19(31)14-33-25-28-27-24-29(17-6-2-1-3-7-17)22(32)21-18-8-4-5-9-20(18)34-23(21)30(24)25/h10-13,17H,1-9,14H2. The Kier molecular flexibility index (Phi) is 5.99. The van der Waals surface area contributed by atoms with E-state index in [1.54, 1.807) is 35.6 Å². The van der Waals surface area contributed by atoms with Gasteiger partial charge in [0.15, 0.2) is 10.9 Å². The molecule has 0 unspecified atom stereocenters. The number of hydrogen-bond acceptors (Lipinski definition) is 6. The summed E-state index contributed by atoms with van der Waals surface area (Å²) in [5.41, 5.74) is 1.95. The molecule has 6 nitrogen and oxygen atoms in total. The zero-order chi connectivity index (χ0) is 23.2. The van der Waals surface area contributed by atoms with Gasteiger partial charge in [-0.15, -0.1) is 21.5 Å². The maximum Gasteiger partial charge on any atom is 0.264 e. The molecule has 9 heteroatoms. The van der Waals surface area contributed by atoms with Gasteiger partial charge < -0.3 is 0 Å². The second-order valence-corrected chi connectivity index (χ2v) is 11.7. The molecule has 4 aromatic rings. The Hall–Kier alpha value is -2.16. The number of aryl methyl sites for hydroxylation is 2. The minimum atomic E-state index is 0.0146. The van der Waals surface area contributed by atoms with E-state index < -0.39 is 0 Å². The van der Waals surface area contributed by atoms with Crippen molar-refractivity contribution >= 4 is 56.5 Å². The maximum absolute atomic E-state index is 13.9. The van der Waals surface area contributed by atoms with Gasteiger partial charge in [0.2, 0.25) is 5.78 Å². The molecule has 0 aliphatic heterocycles. The number of ketones is 1. The molecule has 3 heterocycles. The first-order chi connectivity index (χ1) is 16.6. The van der Waals surface area contributed by atoms with Crippen molar-refractivity contribution in [3.05, 3.63) is 55.6 Å². The lowest BCUT2D eigenvalue weighted by atomic mass is 9.94. The number of benzene rings is 1. The summed E-state index contributed by atoms with van der Waals surface area (Å²) in [7, 11) is 0. The van der Waals surface area contributed by atoms with E-state index in [-0.39, 0.29) is 23.1 Å². The van der Waals surface area contributed by atoms with Crippen LogP contribution in [0.15, 0.2) is 34.2 Å². The summed E-state index contributed by atoms with van der Waals surface area (Å²) < 4.78 is 3.97. The number of nitrogens with zero attached hydrogens (tertiary/aromatic N) is 4. The fourth-order valence-electron chi connectivity index (χ4n) is 5.35. The molecule has 0 saturated heterocycles. The smallest absolute Gasteiger partial charge is 0.264 e. The molecule has 2 aliphatic carbocycles. The molecule has 0 radical (unpaired) electrons. The van der Waals surface area contributed by atoms with Gasteiger partial charge in [0.1, 0.15) is 4.83 Å². The van der Waals surface area contributed by atoms with E-state index in [0.717, 1.165) is 55.2 Å². The van der Waals surface area contributed by atoms with Crippen molar-refractivity contribution in [2.24, 2.45) is 0 Å². The highest BCUT2D eigenvalue weighted by atomic mass is 35.5. The lowest BCUT2D eigenvalue weighted by Crippen LogP contribution is -2.29. The predicted molar refractivity (Wildman–Crippen MR) is 138 cm³/mol. The van der Waals surface area contributed by atoms with Gasteiger partial charge in [0.05, 0.1) is 11.1 Å². The highest BCUT2D eigenvalue weighted by molar-refractivity contribution is 7.99. The Labute approximate surface area is 210 Å². The van der Waals surface area contributed by atoms with Gasteiger partial charge in [0, 0.05) is 21.5 Å². The van der Waals surface area contributed by atoms with Crippen molar-refractivity contribution in [3.8, 4) is 0 Å². The van der Waals surface area contributed by atoms with Gasteiger partial charge in [0.25, 0.3) is 5.56 Å². The Morgan fingerprint density at radius 3 is 2.62 bits per heavy atom. The summed E-state index contributed by atoms with van der Waals surface area (Å²) in [6.45, 7) is 0. The zero-order valence-electron chi connectivity index (χ0n) is 18.8. The number of fused-ring (bicyclic) bond motifs is 5. The molecule has 0 atom stereocenters. The van der Waals surface area contributed by atoms with Crippen LogP contribution in [-0.4, -0.2) is 30.7 Å². The van der Waals surface area contributed by atoms with Crippen LogP contribution in [0, 0.1) is 0 Å². The Morgan fingerprint density at radius 2 is 1.82 bits per heavy atom. The summed E-state index contributed by atoms with van der Waals surface area (Å²) in [6.07, 6.45) is 9.76. The summed E-state index contributed by atoms with van der Waals surface area (Å²) in [6, 6.07) is 7.12. The number of rotatable bonds is 5. The largest absolute Gasteiger partial charge is 0.293 e. The molecular weight excluding hydrogens is 488 g/mol. The average Bonchev–Trinajstić information content (AvgIpc) is 3.45. The average molecular weight is 513 g/mol. The highest BCUT2D eigenvalue weighted by Crippen LogP contribution is 2.38. The molecule has 6 rings (SSSR count). The van der Waals surface area contributed by atoms with Crippen molar-refractivity contribution in [2.75, 3.05) is 5.75 Å². The monoisotopic (exact) mass is 512 g/mol. The number of Topliss-reactive ketones (excluding diaryl/α,β-unsaturated/α-hetero) is 1. The van der Waals surface area contributed by atoms with E-state index in [4.69, 9.17) is 11.6 Å². The lowest BCUT2D eigenvalue weighted by molar-refractivity contribution is 0.102. The number of halogens is 1.